The Balaban J connectivity index is 2.80. The highest BCUT2D eigenvalue weighted by Gasteiger charge is 2.16. The summed E-state index contributed by atoms with van der Waals surface area (Å²) in [6.45, 7) is 0. The number of hydrogen-bond acceptors (Lipinski definition) is 5. The molecule has 5 nitrogen and oxygen atoms in total. The molecule has 18 heavy (non-hydrogen) atoms. The van der Waals surface area contributed by atoms with Crippen LogP contribution in [0.1, 0.15) is 5.56 Å². The van der Waals surface area contributed by atoms with Crippen molar-refractivity contribution in [1.82, 2.24) is 0 Å². The topological polar surface area (TPSA) is 94.3 Å². The predicted molar refractivity (Wildman–Crippen MR) is 68.0 cm³/mol. The smallest absolute Gasteiger partial charge is 0.155 e. The second kappa shape index (κ2) is 5.23. The molecule has 0 bridgehead atoms. The van der Waals surface area contributed by atoms with Crippen LogP contribution in [0.5, 0.6) is 0 Å². The first kappa shape index (κ1) is 14.9. The molecule has 0 aromatic heterocycles. The molecule has 0 saturated heterocycles. The number of hydrogen-bond donors (Lipinski definition) is 1. The van der Waals surface area contributed by atoms with Gasteiger partial charge in [-0.25, -0.2) is 21.2 Å². The summed E-state index contributed by atoms with van der Waals surface area (Å²) in [5, 5.41) is 0. The Morgan fingerprint density at radius 3 is 2.28 bits per heavy atom. The Labute approximate surface area is 106 Å². The van der Waals surface area contributed by atoms with Crippen LogP contribution >= 0.6 is 0 Å². The zero-order valence-corrected chi connectivity index (χ0v) is 11.4. The zero-order valence-electron chi connectivity index (χ0n) is 9.76. The van der Waals surface area contributed by atoms with Crippen molar-refractivity contribution in [1.29, 1.82) is 0 Å². The average Bonchev–Trinajstić information content (AvgIpc) is 2.20. The Kier molecular flexibility index (Phi) is 4.33. The van der Waals surface area contributed by atoms with Crippen LogP contribution in [0.15, 0.2) is 18.2 Å². The Morgan fingerprint density at radius 2 is 1.78 bits per heavy atom. The lowest BCUT2D eigenvalue weighted by molar-refractivity contribution is 0.589. The van der Waals surface area contributed by atoms with Gasteiger partial charge >= 0.3 is 0 Å². The third-order valence-corrected chi connectivity index (χ3v) is 5.02. The molecule has 0 aliphatic heterocycles. The number of anilines is 1. The summed E-state index contributed by atoms with van der Waals surface area (Å²) < 4.78 is 58.1. The summed E-state index contributed by atoms with van der Waals surface area (Å²) in [7, 11) is -6.92. The van der Waals surface area contributed by atoms with Crippen molar-refractivity contribution in [3.63, 3.8) is 0 Å². The third-order valence-electron chi connectivity index (χ3n) is 2.22. The van der Waals surface area contributed by atoms with Crippen molar-refractivity contribution < 1.29 is 21.2 Å². The van der Waals surface area contributed by atoms with E-state index in [0.29, 0.717) is 0 Å². The van der Waals surface area contributed by atoms with Crippen LogP contribution in [0.2, 0.25) is 0 Å². The van der Waals surface area contributed by atoms with Crippen LogP contribution in [-0.4, -0.2) is 34.6 Å². The van der Waals surface area contributed by atoms with Gasteiger partial charge < -0.3 is 5.73 Å². The van der Waals surface area contributed by atoms with Crippen molar-refractivity contribution in [3.05, 3.63) is 29.6 Å². The van der Waals surface area contributed by atoms with E-state index in [-0.39, 0.29) is 11.3 Å². The number of nitrogens with two attached hydrogens (primary N) is 1. The standard InChI is InChI=1S/C10H14FNO4S2/c1-17(13,14)4-5-18(15,16)7-8-2-3-10(12)9(11)6-8/h2-3,6H,4-5,7,12H2,1H3. The van der Waals surface area contributed by atoms with Crippen molar-refractivity contribution >= 4 is 25.4 Å². The van der Waals surface area contributed by atoms with Gasteiger partial charge in [0.2, 0.25) is 0 Å². The highest BCUT2D eigenvalue weighted by molar-refractivity contribution is 7.94. The average molecular weight is 295 g/mol. The minimum absolute atomic E-state index is 0.0627. The molecule has 0 unspecified atom stereocenters. The van der Waals surface area contributed by atoms with Crippen LogP contribution in [0.3, 0.4) is 0 Å². The molecular formula is C10H14FNO4S2. The fraction of sp³-hybridized carbons (Fsp3) is 0.400. The molecule has 2 N–H and O–H groups in total. The van der Waals surface area contributed by atoms with Gasteiger partial charge in [-0.3, -0.25) is 0 Å². The number of nitrogen functional groups attached to an aromatic ring is 1. The van der Waals surface area contributed by atoms with E-state index < -0.39 is 42.8 Å². The van der Waals surface area contributed by atoms with E-state index in [2.05, 4.69) is 0 Å². The minimum atomic E-state index is -3.58. The maximum absolute atomic E-state index is 13.1. The number of sulfone groups is 2. The predicted octanol–water partition coefficient (Wildman–Crippen LogP) is 0.367. The molecular weight excluding hydrogens is 281 g/mol. The molecule has 102 valence electrons. The Hall–Kier alpha value is -1.15. The summed E-state index contributed by atoms with van der Waals surface area (Å²) in [6, 6.07) is 3.71. The maximum atomic E-state index is 13.1. The van der Waals surface area contributed by atoms with Gasteiger partial charge in [-0.1, -0.05) is 6.07 Å². The number of rotatable bonds is 5. The van der Waals surface area contributed by atoms with Gasteiger partial charge in [0.25, 0.3) is 0 Å². The summed E-state index contributed by atoms with van der Waals surface area (Å²) >= 11 is 0. The second-order valence-corrected chi connectivity index (χ2v) is 8.52. The molecule has 0 spiro atoms. The van der Waals surface area contributed by atoms with E-state index in [1.165, 1.54) is 12.1 Å². The fourth-order valence-electron chi connectivity index (χ4n) is 1.26. The van der Waals surface area contributed by atoms with E-state index in [0.717, 1.165) is 12.3 Å². The van der Waals surface area contributed by atoms with Crippen molar-refractivity contribution in [2.75, 3.05) is 23.5 Å². The lowest BCUT2D eigenvalue weighted by atomic mass is 10.2. The highest BCUT2D eigenvalue weighted by Crippen LogP contribution is 2.14. The first-order chi connectivity index (χ1) is 8.09. The summed E-state index contributed by atoms with van der Waals surface area (Å²) in [5.74, 6) is -2.00. The van der Waals surface area contributed by atoms with E-state index in [4.69, 9.17) is 5.73 Å². The SMILES string of the molecule is CS(=O)(=O)CCS(=O)(=O)Cc1ccc(N)c(F)c1. The molecule has 8 heteroatoms. The zero-order chi connectivity index (χ0) is 14.0. The monoisotopic (exact) mass is 295 g/mol. The molecule has 1 rings (SSSR count). The summed E-state index contributed by atoms with van der Waals surface area (Å²) in [6.07, 6.45) is 0.964. The first-order valence-electron chi connectivity index (χ1n) is 5.01. The van der Waals surface area contributed by atoms with E-state index in [1.54, 1.807) is 0 Å². The molecule has 0 radical (unpaired) electrons. The van der Waals surface area contributed by atoms with Gasteiger partial charge in [0.1, 0.15) is 15.7 Å². The van der Waals surface area contributed by atoms with Crippen LogP contribution in [0, 0.1) is 5.82 Å². The molecule has 0 fully saturated rings. The van der Waals surface area contributed by atoms with E-state index in [9.17, 15) is 21.2 Å². The van der Waals surface area contributed by atoms with E-state index in [1.807, 2.05) is 0 Å². The molecule has 0 aliphatic carbocycles. The quantitative estimate of drug-likeness (QED) is 0.792. The van der Waals surface area contributed by atoms with Gasteiger partial charge in [0.15, 0.2) is 9.84 Å². The van der Waals surface area contributed by atoms with Gasteiger partial charge in [-0.05, 0) is 17.7 Å². The minimum Gasteiger partial charge on any atom is -0.396 e. The summed E-state index contributed by atoms with van der Waals surface area (Å²) in [4.78, 5) is 0. The van der Waals surface area contributed by atoms with Gasteiger partial charge in [0, 0.05) is 6.26 Å². The molecule has 1 aromatic carbocycles. The normalized spacial score (nSPS) is 12.6. The molecule has 1 aromatic rings. The van der Waals surface area contributed by atoms with Gasteiger partial charge in [-0.2, -0.15) is 0 Å². The maximum Gasteiger partial charge on any atom is 0.155 e. The molecule has 0 atom stereocenters. The van der Waals surface area contributed by atoms with Crippen LogP contribution in [0.25, 0.3) is 0 Å². The van der Waals surface area contributed by atoms with Gasteiger partial charge in [-0.15, -0.1) is 0 Å². The van der Waals surface area contributed by atoms with E-state index >= 15 is 0 Å². The third kappa shape index (κ3) is 5.01. The number of benzene rings is 1. The second-order valence-electron chi connectivity index (χ2n) is 4.08. The van der Waals surface area contributed by atoms with Crippen LogP contribution in [-0.2, 0) is 25.4 Å². The van der Waals surface area contributed by atoms with Crippen molar-refractivity contribution in [3.8, 4) is 0 Å². The van der Waals surface area contributed by atoms with Crippen LogP contribution in [0.4, 0.5) is 10.1 Å². The van der Waals surface area contributed by atoms with Crippen molar-refractivity contribution in [2.45, 2.75) is 5.75 Å². The highest BCUT2D eigenvalue weighted by atomic mass is 32.2. The molecule has 0 heterocycles. The lowest BCUT2D eigenvalue weighted by Crippen LogP contribution is -2.17. The first-order valence-corrected chi connectivity index (χ1v) is 8.89. The Bertz CT molecular complexity index is 638. The van der Waals surface area contributed by atoms with Crippen molar-refractivity contribution in [2.24, 2.45) is 0 Å². The largest absolute Gasteiger partial charge is 0.396 e. The van der Waals surface area contributed by atoms with Crippen LogP contribution < -0.4 is 5.73 Å². The fourth-order valence-corrected chi connectivity index (χ4v) is 4.32. The molecule has 0 saturated carbocycles. The molecule has 0 amide bonds. The lowest BCUT2D eigenvalue weighted by Gasteiger charge is -2.05. The van der Waals surface area contributed by atoms with Gasteiger partial charge in [0.05, 0.1) is 22.9 Å². The summed E-state index contributed by atoms with van der Waals surface area (Å²) in [5.41, 5.74) is 5.45. The Morgan fingerprint density at radius 1 is 1.17 bits per heavy atom. The number of halogens is 1. The molecule has 0 aliphatic rings.